The van der Waals surface area contributed by atoms with E-state index in [-0.39, 0.29) is 29.7 Å². The number of hydrogen-bond donors (Lipinski definition) is 2. The third-order valence-electron chi connectivity index (χ3n) is 7.20. The fourth-order valence-electron chi connectivity index (χ4n) is 5.67. The number of aromatic nitrogens is 6. The number of carbonyl (C=O) groups is 2. The van der Waals surface area contributed by atoms with Crippen LogP contribution in [-0.4, -0.2) is 41.5 Å². The molecule has 7 rings (SSSR count). The van der Waals surface area contributed by atoms with E-state index in [1.165, 1.54) is 34.4 Å². The van der Waals surface area contributed by atoms with Crippen LogP contribution in [0, 0.1) is 12.7 Å². The topological polar surface area (TPSA) is 122 Å². The van der Waals surface area contributed by atoms with E-state index in [1.807, 2.05) is 0 Å². The van der Waals surface area contributed by atoms with Gasteiger partial charge in [0.15, 0.2) is 11.5 Å². The standard InChI is InChI=1S/C26H17Cl2FN8O2/c1-12-19-23(37(35-12)24-20-22(31-10-30-20)32-11-33-24)34-18(38)8-26(19)16-6-14(27)7-17(28)21(16)36(25(26)39)9-13-2-4-15(29)5-3-13/h2-7,10-11H,8-9H2,1H3,(H,34,38)(H,30,31,32,33). The average Bonchev–Trinajstić information content (AvgIpc) is 3.57. The molecule has 2 N–H and O–H groups in total. The molecule has 13 heteroatoms. The van der Waals surface area contributed by atoms with Crippen LogP contribution in [0.1, 0.15) is 28.8 Å². The Labute approximate surface area is 229 Å². The number of anilines is 2. The van der Waals surface area contributed by atoms with Gasteiger partial charge < -0.3 is 15.2 Å². The third kappa shape index (κ3) is 3.33. The Hall–Kier alpha value is -4.35. The van der Waals surface area contributed by atoms with Crippen molar-refractivity contribution in [3.05, 3.63) is 87.3 Å². The number of aryl methyl sites for hydroxylation is 1. The van der Waals surface area contributed by atoms with Crippen molar-refractivity contribution in [2.24, 2.45) is 0 Å². The monoisotopic (exact) mass is 562 g/mol. The number of nitrogens with one attached hydrogen (secondary N) is 2. The first-order valence-corrected chi connectivity index (χ1v) is 12.6. The summed E-state index contributed by atoms with van der Waals surface area (Å²) < 4.78 is 15.1. The number of carbonyl (C=O) groups excluding carboxylic acids is 2. The number of fused-ring (bicyclic) bond motifs is 5. The molecule has 194 valence electrons. The molecule has 2 aromatic carbocycles. The second-order valence-corrected chi connectivity index (χ2v) is 10.3. The van der Waals surface area contributed by atoms with Crippen molar-refractivity contribution in [1.29, 1.82) is 0 Å². The summed E-state index contributed by atoms with van der Waals surface area (Å²) in [7, 11) is 0. The molecular weight excluding hydrogens is 546 g/mol. The van der Waals surface area contributed by atoms with Gasteiger partial charge in [0.25, 0.3) is 0 Å². The minimum atomic E-state index is -1.45. The SMILES string of the molecule is Cc1nn(-c2ncnc3nc[nH]c23)c2c1C1(CC(=O)N2)C(=O)N(Cc2ccc(F)cc2)c2c(Cl)cc(Cl)cc21. The van der Waals surface area contributed by atoms with E-state index in [1.54, 1.807) is 31.2 Å². The molecule has 0 radical (unpaired) electrons. The van der Waals surface area contributed by atoms with Gasteiger partial charge in [-0.3, -0.25) is 9.59 Å². The van der Waals surface area contributed by atoms with Gasteiger partial charge in [0.1, 0.15) is 28.9 Å². The van der Waals surface area contributed by atoms with E-state index in [2.05, 4.69) is 25.3 Å². The van der Waals surface area contributed by atoms with E-state index in [9.17, 15) is 14.0 Å². The minimum Gasteiger partial charge on any atom is -0.340 e. The third-order valence-corrected chi connectivity index (χ3v) is 7.70. The lowest BCUT2D eigenvalue weighted by molar-refractivity contribution is -0.126. The van der Waals surface area contributed by atoms with Crippen LogP contribution in [0.25, 0.3) is 17.0 Å². The molecule has 1 atom stereocenters. The van der Waals surface area contributed by atoms with Gasteiger partial charge >= 0.3 is 0 Å². The van der Waals surface area contributed by atoms with Crippen molar-refractivity contribution in [2.75, 3.05) is 10.2 Å². The van der Waals surface area contributed by atoms with Crippen molar-refractivity contribution in [3.8, 4) is 5.82 Å². The molecule has 39 heavy (non-hydrogen) atoms. The van der Waals surface area contributed by atoms with Gasteiger partial charge in [0, 0.05) is 17.0 Å². The fraction of sp³-hybridized carbons (Fsp3) is 0.154. The molecule has 0 bridgehead atoms. The molecule has 10 nitrogen and oxygen atoms in total. The summed E-state index contributed by atoms with van der Waals surface area (Å²) in [5.41, 5.74) is 2.14. The lowest BCUT2D eigenvalue weighted by Gasteiger charge is -2.33. The summed E-state index contributed by atoms with van der Waals surface area (Å²) in [6.45, 7) is 1.88. The first-order chi connectivity index (χ1) is 18.8. The second-order valence-electron chi connectivity index (χ2n) is 9.45. The highest BCUT2D eigenvalue weighted by atomic mass is 35.5. The number of H-pyrrole nitrogens is 1. The van der Waals surface area contributed by atoms with Crippen LogP contribution in [0.3, 0.4) is 0 Å². The van der Waals surface area contributed by atoms with E-state index in [0.717, 1.165) is 0 Å². The van der Waals surface area contributed by atoms with Crippen LogP contribution < -0.4 is 10.2 Å². The van der Waals surface area contributed by atoms with E-state index in [0.29, 0.717) is 55.9 Å². The zero-order valence-corrected chi connectivity index (χ0v) is 21.7. The molecule has 2 aliphatic heterocycles. The number of halogens is 3. The predicted molar refractivity (Wildman–Crippen MR) is 142 cm³/mol. The zero-order chi connectivity index (χ0) is 27.1. The van der Waals surface area contributed by atoms with Crippen molar-refractivity contribution >= 4 is 57.7 Å². The number of aromatic amines is 1. The Bertz CT molecular complexity index is 1850. The fourth-order valence-corrected chi connectivity index (χ4v) is 6.27. The highest BCUT2D eigenvalue weighted by Crippen LogP contribution is 2.56. The van der Waals surface area contributed by atoms with Gasteiger partial charge in [0.05, 0.1) is 29.3 Å². The zero-order valence-electron chi connectivity index (χ0n) is 20.2. The van der Waals surface area contributed by atoms with Gasteiger partial charge in [-0.2, -0.15) is 9.78 Å². The summed E-state index contributed by atoms with van der Waals surface area (Å²) in [5, 5.41) is 8.18. The molecule has 2 amide bonds. The predicted octanol–water partition coefficient (Wildman–Crippen LogP) is 4.47. The van der Waals surface area contributed by atoms with E-state index >= 15 is 0 Å². The Morgan fingerprint density at radius 1 is 1.10 bits per heavy atom. The molecule has 5 heterocycles. The molecule has 0 saturated heterocycles. The summed E-state index contributed by atoms with van der Waals surface area (Å²) in [4.78, 5) is 45.1. The van der Waals surface area contributed by atoms with Crippen molar-refractivity contribution in [3.63, 3.8) is 0 Å². The number of benzene rings is 2. The van der Waals surface area contributed by atoms with Gasteiger partial charge in [-0.15, -0.1) is 0 Å². The average molecular weight is 563 g/mol. The smallest absolute Gasteiger partial charge is 0.243 e. The first kappa shape index (κ1) is 23.7. The number of amides is 2. The Morgan fingerprint density at radius 2 is 1.90 bits per heavy atom. The van der Waals surface area contributed by atoms with Crippen molar-refractivity contribution < 1.29 is 14.0 Å². The van der Waals surface area contributed by atoms with Gasteiger partial charge in [0.2, 0.25) is 11.8 Å². The van der Waals surface area contributed by atoms with Crippen molar-refractivity contribution in [1.82, 2.24) is 29.7 Å². The molecule has 1 unspecified atom stereocenters. The Morgan fingerprint density at radius 3 is 2.69 bits per heavy atom. The maximum Gasteiger partial charge on any atom is 0.243 e. The number of hydrogen-bond acceptors (Lipinski definition) is 6. The molecule has 5 aromatic rings. The maximum absolute atomic E-state index is 14.5. The highest BCUT2D eigenvalue weighted by Gasteiger charge is 2.58. The molecule has 2 aliphatic rings. The summed E-state index contributed by atoms with van der Waals surface area (Å²) in [6.07, 6.45) is 2.65. The largest absolute Gasteiger partial charge is 0.340 e. The highest BCUT2D eigenvalue weighted by molar-refractivity contribution is 6.38. The van der Waals surface area contributed by atoms with Crippen LogP contribution in [0.2, 0.25) is 10.0 Å². The maximum atomic E-state index is 14.5. The summed E-state index contributed by atoms with van der Waals surface area (Å²) in [5.74, 6) is -0.479. The van der Waals surface area contributed by atoms with E-state index < -0.39 is 11.3 Å². The molecule has 0 aliphatic carbocycles. The summed E-state index contributed by atoms with van der Waals surface area (Å²) >= 11 is 13.2. The normalized spacial score (nSPS) is 18.1. The Balaban J connectivity index is 1.48. The summed E-state index contributed by atoms with van der Waals surface area (Å²) in [6, 6.07) is 9.08. The molecular formula is C26H17Cl2FN8O2. The second kappa shape index (κ2) is 8.32. The van der Waals surface area contributed by atoms with Crippen LogP contribution in [0.15, 0.2) is 49.1 Å². The minimum absolute atomic E-state index is 0.111. The molecule has 0 fully saturated rings. The van der Waals surface area contributed by atoms with Crippen LogP contribution in [0.4, 0.5) is 15.9 Å². The molecule has 3 aromatic heterocycles. The van der Waals surface area contributed by atoms with Gasteiger partial charge in [-0.1, -0.05) is 35.3 Å². The van der Waals surface area contributed by atoms with Crippen molar-refractivity contribution in [2.45, 2.75) is 25.3 Å². The quantitative estimate of drug-likeness (QED) is 0.334. The lowest BCUT2D eigenvalue weighted by Crippen LogP contribution is -2.46. The molecule has 0 saturated carbocycles. The number of rotatable bonds is 3. The van der Waals surface area contributed by atoms with Gasteiger partial charge in [-0.25, -0.2) is 19.3 Å². The number of nitrogens with zero attached hydrogens (tertiary/aromatic N) is 6. The number of imidazole rings is 1. The lowest BCUT2D eigenvalue weighted by atomic mass is 9.70. The van der Waals surface area contributed by atoms with Crippen LogP contribution in [-0.2, 0) is 21.5 Å². The Kier molecular flexibility index (Phi) is 5.07. The van der Waals surface area contributed by atoms with E-state index in [4.69, 9.17) is 28.3 Å². The molecule has 1 spiro atoms. The van der Waals surface area contributed by atoms with Crippen LogP contribution >= 0.6 is 23.2 Å². The van der Waals surface area contributed by atoms with Crippen LogP contribution in [0.5, 0.6) is 0 Å². The van der Waals surface area contributed by atoms with Gasteiger partial charge in [-0.05, 0) is 42.3 Å². The first-order valence-electron chi connectivity index (χ1n) is 11.9.